The van der Waals surface area contributed by atoms with Crippen LogP contribution in [0.2, 0.25) is 0 Å². The van der Waals surface area contributed by atoms with Crippen LogP contribution in [-0.2, 0) is 38.6 Å². The van der Waals surface area contributed by atoms with Crippen LogP contribution in [0.25, 0.3) is 0 Å². The fraction of sp³-hybridized carbons (Fsp3) is 0.655. The van der Waals surface area contributed by atoms with Gasteiger partial charge < -0.3 is 29.7 Å². The Morgan fingerprint density at radius 1 is 1.16 bits per heavy atom. The van der Waals surface area contributed by atoms with Gasteiger partial charge >= 0.3 is 12.2 Å². The fourth-order valence-corrected chi connectivity index (χ4v) is 4.87. The molecule has 2 amide bonds. The van der Waals surface area contributed by atoms with Gasteiger partial charge in [-0.15, -0.1) is 0 Å². The van der Waals surface area contributed by atoms with E-state index in [0.717, 1.165) is 43.8 Å². The zero-order valence-electron chi connectivity index (χ0n) is 23.4. The first kappa shape index (κ1) is 29.6. The molecule has 3 rings (SSSR count). The van der Waals surface area contributed by atoms with E-state index in [1.165, 1.54) is 11.1 Å². The number of unbranched alkanes of at least 4 members (excludes halogenated alkanes) is 1. The molecule has 0 aliphatic carbocycles. The number of amides is 2. The van der Waals surface area contributed by atoms with Gasteiger partial charge in [0.2, 0.25) is 0 Å². The molecule has 0 bridgehead atoms. The Morgan fingerprint density at radius 2 is 1.92 bits per heavy atom. The molecule has 0 unspecified atom stereocenters. The molecule has 2 heterocycles. The van der Waals surface area contributed by atoms with Crippen LogP contribution in [0.3, 0.4) is 0 Å². The number of aryl methyl sites for hydroxylation is 1. The highest BCUT2D eigenvalue weighted by Crippen LogP contribution is 2.30. The summed E-state index contributed by atoms with van der Waals surface area (Å²) in [7, 11) is 0. The number of ether oxygens (including phenoxy) is 2. The van der Waals surface area contributed by atoms with Crippen LogP contribution in [0.1, 0.15) is 77.0 Å². The lowest BCUT2D eigenvalue weighted by Crippen LogP contribution is -2.45. The molecule has 38 heavy (non-hydrogen) atoms. The van der Waals surface area contributed by atoms with E-state index in [9.17, 15) is 19.2 Å². The minimum Gasteiger partial charge on any atom is -0.449 e. The molecule has 1 aromatic carbocycles. The lowest BCUT2D eigenvalue weighted by molar-refractivity contribution is -0.111. The van der Waals surface area contributed by atoms with Crippen molar-refractivity contribution in [2.24, 2.45) is 10.8 Å². The molecule has 0 spiro atoms. The van der Waals surface area contributed by atoms with Gasteiger partial charge in [-0.05, 0) is 46.8 Å². The van der Waals surface area contributed by atoms with Crippen molar-refractivity contribution in [3.8, 4) is 0 Å². The summed E-state index contributed by atoms with van der Waals surface area (Å²) in [6.07, 6.45) is 4.69. The Hall–Kier alpha value is -2.94. The van der Waals surface area contributed by atoms with Crippen LogP contribution in [0.15, 0.2) is 18.2 Å². The van der Waals surface area contributed by atoms with E-state index in [4.69, 9.17) is 9.47 Å². The van der Waals surface area contributed by atoms with Gasteiger partial charge in [0, 0.05) is 26.1 Å². The molecule has 0 aromatic heterocycles. The zero-order valence-corrected chi connectivity index (χ0v) is 23.4. The van der Waals surface area contributed by atoms with Gasteiger partial charge in [-0.1, -0.05) is 59.2 Å². The summed E-state index contributed by atoms with van der Waals surface area (Å²) in [4.78, 5) is 48.8. The van der Waals surface area contributed by atoms with Crippen LogP contribution >= 0.6 is 0 Å². The molecule has 0 saturated carbocycles. The van der Waals surface area contributed by atoms with Gasteiger partial charge in [-0.3, -0.25) is 4.90 Å². The highest BCUT2D eigenvalue weighted by molar-refractivity contribution is 5.73. The molecule has 2 N–H and O–H groups in total. The number of fused-ring (bicyclic) bond motifs is 1. The number of rotatable bonds is 11. The molecule has 9 heteroatoms. The third-order valence-electron chi connectivity index (χ3n) is 7.38. The number of nitrogens with zero attached hydrogens (tertiary/aromatic N) is 1. The summed E-state index contributed by atoms with van der Waals surface area (Å²) in [6, 6.07) is 5.39. The number of benzene rings is 1. The maximum atomic E-state index is 12.7. The minimum absolute atomic E-state index is 0.188. The van der Waals surface area contributed by atoms with Crippen LogP contribution in [0.5, 0.6) is 0 Å². The number of aldehydes is 2. The lowest BCUT2D eigenvalue weighted by Gasteiger charge is -2.28. The number of carbonyl (C=O) groups excluding carboxylic acids is 4. The molecule has 1 aromatic rings. The first-order valence-electron chi connectivity index (χ1n) is 13.5. The van der Waals surface area contributed by atoms with E-state index in [1.54, 1.807) is 4.90 Å². The van der Waals surface area contributed by atoms with Crippen molar-refractivity contribution in [1.82, 2.24) is 15.5 Å². The topological polar surface area (TPSA) is 114 Å². The van der Waals surface area contributed by atoms with Gasteiger partial charge in [0.15, 0.2) is 0 Å². The predicted octanol–water partition coefficient (Wildman–Crippen LogP) is 4.15. The predicted molar refractivity (Wildman–Crippen MR) is 144 cm³/mol. The van der Waals surface area contributed by atoms with Crippen molar-refractivity contribution in [3.63, 3.8) is 0 Å². The monoisotopic (exact) mass is 529 g/mol. The summed E-state index contributed by atoms with van der Waals surface area (Å²) in [5.41, 5.74) is 3.03. The number of alkyl carbamates (subject to hydrolysis) is 1. The fourth-order valence-electron chi connectivity index (χ4n) is 4.87. The molecule has 210 valence electrons. The van der Waals surface area contributed by atoms with E-state index in [1.807, 2.05) is 26.8 Å². The van der Waals surface area contributed by atoms with Crippen LogP contribution in [0.4, 0.5) is 9.59 Å². The van der Waals surface area contributed by atoms with Crippen molar-refractivity contribution in [2.75, 3.05) is 13.2 Å². The Bertz CT molecular complexity index is 1000. The molecule has 9 nitrogen and oxygen atoms in total. The summed E-state index contributed by atoms with van der Waals surface area (Å²) in [5.74, 6) is 0. The van der Waals surface area contributed by atoms with E-state index >= 15 is 0 Å². The molecule has 2 aliphatic heterocycles. The second kappa shape index (κ2) is 12.7. The quantitative estimate of drug-likeness (QED) is 0.327. The van der Waals surface area contributed by atoms with Crippen molar-refractivity contribution in [2.45, 2.75) is 98.0 Å². The number of hydrogen-bond donors (Lipinski definition) is 2. The Morgan fingerprint density at radius 3 is 2.58 bits per heavy atom. The maximum Gasteiger partial charge on any atom is 0.410 e. The van der Waals surface area contributed by atoms with Gasteiger partial charge in [0.05, 0.1) is 18.7 Å². The summed E-state index contributed by atoms with van der Waals surface area (Å²) in [6.45, 7) is 11.7. The average molecular weight is 530 g/mol. The number of carbonyl (C=O) groups is 4. The first-order chi connectivity index (χ1) is 17.9. The smallest absolute Gasteiger partial charge is 0.410 e. The Labute approximate surface area is 226 Å². The normalized spacial score (nSPS) is 20.0. The molecule has 1 saturated heterocycles. The average Bonchev–Trinajstić information content (AvgIpc) is 3.50. The van der Waals surface area contributed by atoms with Crippen LogP contribution in [0, 0.1) is 10.8 Å². The summed E-state index contributed by atoms with van der Waals surface area (Å²) < 4.78 is 11.1. The van der Waals surface area contributed by atoms with Crippen LogP contribution in [-0.4, -0.2) is 61.0 Å². The first-order valence-corrected chi connectivity index (χ1v) is 13.5. The largest absolute Gasteiger partial charge is 0.449 e. The Balaban J connectivity index is 1.42. The Kier molecular flexibility index (Phi) is 9.93. The second-order valence-corrected chi connectivity index (χ2v) is 12.4. The SMILES string of the molecule is CC(C)(CCCCc1cccc2c1CN(C(=O)O[C@H]1CN[C@H](C=O)C1)C2)COC(=O)N[C@H](C=O)C(C)(C)C. The third kappa shape index (κ3) is 8.28. The van der Waals surface area contributed by atoms with Crippen molar-refractivity contribution < 1.29 is 28.7 Å². The van der Waals surface area contributed by atoms with E-state index in [0.29, 0.717) is 26.1 Å². The standard InChI is InChI=1S/C29H43N3O6/c1-28(2,3)25(18-34)31-26(35)37-19-29(4,5)12-7-6-9-20-10-8-11-21-15-32(16-24(20)21)27(36)38-23-13-22(17-33)30-14-23/h8,10-11,17-18,22-23,25,30H,6-7,9,12-16,19H2,1-5H3,(H,31,35)/t22-,23+,25+/m0/s1. The van der Waals surface area contributed by atoms with Crippen LogP contribution < -0.4 is 10.6 Å². The summed E-state index contributed by atoms with van der Waals surface area (Å²) >= 11 is 0. The highest BCUT2D eigenvalue weighted by atomic mass is 16.6. The molecular weight excluding hydrogens is 486 g/mol. The molecular formula is C29H43N3O6. The van der Waals surface area contributed by atoms with Crippen molar-refractivity contribution in [1.29, 1.82) is 0 Å². The van der Waals surface area contributed by atoms with E-state index in [2.05, 4.69) is 36.6 Å². The van der Waals surface area contributed by atoms with Crippen molar-refractivity contribution in [3.05, 3.63) is 34.9 Å². The third-order valence-corrected chi connectivity index (χ3v) is 7.38. The van der Waals surface area contributed by atoms with Crippen molar-refractivity contribution >= 4 is 24.8 Å². The van der Waals surface area contributed by atoms with E-state index in [-0.39, 0.29) is 35.7 Å². The van der Waals surface area contributed by atoms with Gasteiger partial charge in [-0.2, -0.15) is 0 Å². The lowest BCUT2D eigenvalue weighted by atomic mass is 9.87. The molecule has 1 fully saturated rings. The van der Waals surface area contributed by atoms with Gasteiger partial charge in [-0.25, -0.2) is 9.59 Å². The molecule has 3 atom stereocenters. The molecule has 2 aliphatic rings. The van der Waals surface area contributed by atoms with Gasteiger partial charge in [0.25, 0.3) is 0 Å². The molecule has 0 radical (unpaired) electrons. The highest BCUT2D eigenvalue weighted by Gasteiger charge is 2.32. The van der Waals surface area contributed by atoms with E-state index < -0.39 is 12.1 Å². The summed E-state index contributed by atoms with van der Waals surface area (Å²) in [5, 5.41) is 5.69. The van der Waals surface area contributed by atoms with Gasteiger partial charge in [0.1, 0.15) is 18.7 Å². The number of nitrogens with one attached hydrogen (secondary N) is 2. The maximum absolute atomic E-state index is 12.7. The number of hydrogen-bond acceptors (Lipinski definition) is 7. The minimum atomic E-state index is -0.599. The zero-order chi connectivity index (χ0) is 27.9. The second-order valence-electron chi connectivity index (χ2n) is 12.4.